The summed E-state index contributed by atoms with van der Waals surface area (Å²) in [5.74, 6) is 0. The van der Waals surface area contributed by atoms with E-state index in [2.05, 4.69) is 38.7 Å². The van der Waals surface area contributed by atoms with Gasteiger partial charge in [-0.2, -0.15) is 5.26 Å². The van der Waals surface area contributed by atoms with E-state index in [1.165, 1.54) is 0 Å². The molecule has 0 unspecified atom stereocenters. The van der Waals surface area contributed by atoms with Crippen molar-refractivity contribution in [1.82, 2.24) is 4.98 Å². The molecule has 0 aliphatic heterocycles. The topological polar surface area (TPSA) is 36.7 Å². The average Bonchev–Trinajstić information content (AvgIpc) is 2.16. The minimum Gasteiger partial charge on any atom is -0.248 e. The van der Waals surface area contributed by atoms with Gasteiger partial charge >= 0.3 is 0 Å². The van der Waals surface area contributed by atoms with Gasteiger partial charge in [0.1, 0.15) is 11.1 Å². The van der Waals surface area contributed by atoms with Gasteiger partial charge in [-0.1, -0.05) is 39.5 Å². The van der Waals surface area contributed by atoms with E-state index in [4.69, 9.17) is 5.26 Å². The molecule has 0 spiro atoms. The first kappa shape index (κ1) is 12.1. The molecule has 0 N–H and O–H groups in total. The lowest BCUT2D eigenvalue weighted by Crippen LogP contribution is -2.08. The van der Waals surface area contributed by atoms with Gasteiger partial charge in [0.25, 0.3) is 0 Å². The molecule has 0 radical (unpaired) electrons. The van der Waals surface area contributed by atoms with Crippen LogP contribution in [0.5, 0.6) is 0 Å². The number of thioether (sulfide) groups is 1. The molecule has 1 aromatic heterocycles. The van der Waals surface area contributed by atoms with Crippen molar-refractivity contribution < 1.29 is 0 Å². The fourth-order valence-electron chi connectivity index (χ4n) is 1.14. The maximum Gasteiger partial charge on any atom is 0.114 e. The van der Waals surface area contributed by atoms with E-state index in [1.807, 2.05) is 12.3 Å². The highest BCUT2D eigenvalue weighted by atomic mass is 32.2. The van der Waals surface area contributed by atoms with E-state index in [-0.39, 0.29) is 4.75 Å². The van der Waals surface area contributed by atoms with Crippen LogP contribution in [0.2, 0.25) is 0 Å². The van der Waals surface area contributed by atoms with Gasteiger partial charge in [0, 0.05) is 10.9 Å². The second-order valence-corrected chi connectivity index (χ2v) is 6.19. The fraction of sp³-hybridized carbons (Fsp3) is 0.500. The minimum absolute atomic E-state index is 0.0896. The number of pyridine rings is 1. The van der Waals surface area contributed by atoms with Crippen LogP contribution in [0, 0.1) is 11.3 Å². The Morgan fingerprint density at radius 1 is 1.47 bits per heavy atom. The molecular formula is C12H16N2S. The SMILES string of the molecule is CCc1cnc(SC(C)(C)C)c(C#N)c1. The Hall–Kier alpha value is -1.01. The van der Waals surface area contributed by atoms with Gasteiger partial charge in [-0.15, -0.1) is 0 Å². The summed E-state index contributed by atoms with van der Waals surface area (Å²) < 4.78 is 0.0896. The first-order valence-corrected chi connectivity index (χ1v) is 5.86. The third-order valence-electron chi connectivity index (χ3n) is 1.84. The van der Waals surface area contributed by atoms with E-state index in [0.29, 0.717) is 5.56 Å². The Kier molecular flexibility index (Phi) is 3.76. The summed E-state index contributed by atoms with van der Waals surface area (Å²) in [7, 11) is 0. The molecule has 0 aliphatic carbocycles. The molecular weight excluding hydrogens is 204 g/mol. The molecule has 0 fully saturated rings. The van der Waals surface area contributed by atoms with Crippen molar-refractivity contribution in [1.29, 1.82) is 5.26 Å². The largest absolute Gasteiger partial charge is 0.248 e. The standard InChI is InChI=1S/C12H16N2S/c1-5-9-6-10(7-13)11(14-8-9)15-12(2,3)4/h6,8H,5H2,1-4H3. The summed E-state index contributed by atoms with van der Waals surface area (Å²) in [4.78, 5) is 4.35. The van der Waals surface area contributed by atoms with Crippen molar-refractivity contribution >= 4 is 11.8 Å². The second-order valence-electron chi connectivity index (χ2n) is 4.38. The molecule has 0 atom stereocenters. The molecule has 0 aromatic carbocycles. The molecule has 0 amide bonds. The molecule has 0 saturated heterocycles. The van der Waals surface area contributed by atoms with Gasteiger partial charge in [-0.3, -0.25) is 0 Å². The number of hydrogen-bond acceptors (Lipinski definition) is 3. The molecule has 1 heterocycles. The van der Waals surface area contributed by atoms with Gasteiger partial charge in [-0.25, -0.2) is 4.98 Å². The Morgan fingerprint density at radius 2 is 2.13 bits per heavy atom. The lowest BCUT2D eigenvalue weighted by Gasteiger charge is -2.17. The monoisotopic (exact) mass is 220 g/mol. The summed E-state index contributed by atoms with van der Waals surface area (Å²) in [5.41, 5.74) is 1.80. The van der Waals surface area contributed by atoms with E-state index < -0.39 is 0 Å². The van der Waals surface area contributed by atoms with E-state index >= 15 is 0 Å². The van der Waals surface area contributed by atoms with Crippen LogP contribution in [-0.4, -0.2) is 9.73 Å². The summed E-state index contributed by atoms with van der Waals surface area (Å²) >= 11 is 1.64. The van der Waals surface area contributed by atoms with Crippen molar-refractivity contribution in [2.24, 2.45) is 0 Å². The van der Waals surface area contributed by atoms with Crippen molar-refractivity contribution in [2.75, 3.05) is 0 Å². The van der Waals surface area contributed by atoms with Crippen LogP contribution in [-0.2, 0) is 6.42 Å². The quantitative estimate of drug-likeness (QED) is 0.717. The van der Waals surface area contributed by atoms with Gasteiger partial charge in [0.2, 0.25) is 0 Å². The summed E-state index contributed by atoms with van der Waals surface area (Å²) in [6.45, 7) is 8.42. The van der Waals surface area contributed by atoms with Crippen LogP contribution in [0.25, 0.3) is 0 Å². The van der Waals surface area contributed by atoms with Crippen LogP contribution in [0.1, 0.15) is 38.8 Å². The third kappa shape index (κ3) is 3.56. The number of aryl methyl sites for hydroxylation is 1. The van der Waals surface area contributed by atoms with E-state index in [0.717, 1.165) is 17.0 Å². The molecule has 1 aromatic rings. The molecule has 0 bridgehead atoms. The van der Waals surface area contributed by atoms with Crippen molar-refractivity contribution in [3.05, 3.63) is 23.4 Å². The first-order valence-electron chi connectivity index (χ1n) is 5.04. The van der Waals surface area contributed by atoms with Gasteiger partial charge in [0.05, 0.1) is 5.56 Å². The number of nitriles is 1. The Bertz CT molecular complexity index is 386. The van der Waals surface area contributed by atoms with Gasteiger partial charge in [0.15, 0.2) is 0 Å². The zero-order chi connectivity index (χ0) is 11.5. The Morgan fingerprint density at radius 3 is 2.60 bits per heavy atom. The minimum atomic E-state index is 0.0896. The predicted molar refractivity (Wildman–Crippen MR) is 63.9 cm³/mol. The average molecular weight is 220 g/mol. The number of hydrogen-bond donors (Lipinski definition) is 0. The van der Waals surface area contributed by atoms with Gasteiger partial charge < -0.3 is 0 Å². The first-order chi connectivity index (χ1) is 6.96. The fourth-order valence-corrected chi connectivity index (χ4v) is 2.04. The number of rotatable bonds is 2. The summed E-state index contributed by atoms with van der Waals surface area (Å²) in [6.07, 6.45) is 2.77. The highest BCUT2D eigenvalue weighted by Crippen LogP contribution is 2.32. The Balaban J connectivity index is 3.04. The molecule has 1 rings (SSSR count). The smallest absolute Gasteiger partial charge is 0.114 e. The van der Waals surface area contributed by atoms with Crippen LogP contribution >= 0.6 is 11.8 Å². The van der Waals surface area contributed by atoms with Crippen LogP contribution in [0.4, 0.5) is 0 Å². The summed E-state index contributed by atoms with van der Waals surface area (Å²) in [5, 5.41) is 9.87. The molecule has 0 saturated carbocycles. The highest BCUT2D eigenvalue weighted by molar-refractivity contribution is 8.00. The van der Waals surface area contributed by atoms with Crippen LogP contribution < -0.4 is 0 Å². The number of nitrogens with zero attached hydrogens (tertiary/aromatic N) is 2. The number of aromatic nitrogens is 1. The zero-order valence-corrected chi connectivity index (χ0v) is 10.5. The van der Waals surface area contributed by atoms with Crippen LogP contribution in [0.15, 0.2) is 17.3 Å². The van der Waals surface area contributed by atoms with E-state index in [9.17, 15) is 0 Å². The molecule has 15 heavy (non-hydrogen) atoms. The third-order valence-corrected chi connectivity index (χ3v) is 2.97. The maximum absolute atomic E-state index is 9.03. The van der Waals surface area contributed by atoms with Crippen molar-refractivity contribution in [3.63, 3.8) is 0 Å². The molecule has 0 aliphatic rings. The maximum atomic E-state index is 9.03. The normalized spacial score (nSPS) is 11.1. The molecule has 2 nitrogen and oxygen atoms in total. The van der Waals surface area contributed by atoms with Gasteiger partial charge in [-0.05, 0) is 18.1 Å². The Labute approximate surface area is 95.7 Å². The van der Waals surface area contributed by atoms with Crippen molar-refractivity contribution in [3.8, 4) is 6.07 Å². The zero-order valence-electron chi connectivity index (χ0n) is 9.66. The second kappa shape index (κ2) is 4.67. The highest BCUT2D eigenvalue weighted by Gasteiger charge is 2.16. The predicted octanol–water partition coefficient (Wildman–Crippen LogP) is 3.41. The van der Waals surface area contributed by atoms with E-state index in [1.54, 1.807) is 11.8 Å². The molecule has 80 valence electrons. The summed E-state index contributed by atoms with van der Waals surface area (Å²) in [6, 6.07) is 4.14. The lowest BCUT2D eigenvalue weighted by molar-refractivity contribution is 0.798. The van der Waals surface area contributed by atoms with Crippen molar-refractivity contribution in [2.45, 2.75) is 43.9 Å². The van der Waals surface area contributed by atoms with Crippen LogP contribution in [0.3, 0.4) is 0 Å². The lowest BCUT2D eigenvalue weighted by atomic mass is 10.2. The molecule has 3 heteroatoms.